The standard InChI is InChI=1S/C20H30N2O5/c1-14(2)22(26)19(23)18-7-6-17(13-15(18)3)27-12-4-5-16-8-10-21(11-9-16)20(24)25/h6-7,13-14,16,26H,4-5,8-12H2,1-3H3,(H,24,25). The molecule has 0 saturated carbocycles. The fourth-order valence-corrected chi connectivity index (χ4v) is 3.30. The lowest BCUT2D eigenvalue weighted by Crippen LogP contribution is -2.37. The molecule has 1 heterocycles. The molecule has 7 heteroatoms. The van der Waals surface area contributed by atoms with E-state index < -0.39 is 12.0 Å². The Labute approximate surface area is 160 Å². The van der Waals surface area contributed by atoms with Crippen LogP contribution >= 0.6 is 0 Å². The molecule has 1 aliphatic rings. The number of ether oxygens (including phenoxy) is 1. The van der Waals surface area contributed by atoms with Crippen LogP contribution < -0.4 is 4.74 Å². The fourth-order valence-electron chi connectivity index (χ4n) is 3.30. The maximum Gasteiger partial charge on any atom is 0.407 e. The maximum absolute atomic E-state index is 12.2. The second kappa shape index (κ2) is 9.60. The van der Waals surface area contributed by atoms with Crippen molar-refractivity contribution in [1.29, 1.82) is 0 Å². The van der Waals surface area contributed by atoms with Gasteiger partial charge in [0.2, 0.25) is 0 Å². The number of rotatable bonds is 7. The summed E-state index contributed by atoms with van der Waals surface area (Å²) >= 11 is 0. The predicted molar refractivity (Wildman–Crippen MR) is 101 cm³/mol. The lowest BCUT2D eigenvalue weighted by Gasteiger charge is -2.29. The van der Waals surface area contributed by atoms with Gasteiger partial charge in [0.15, 0.2) is 0 Å². The molecule has 1 aliphatic heterocycles. The van der Waals surface area contributed by atoms with Crippen molar-refractivity contribution < 1.29 is 24.6 Å². The van der Waals surface area contributed by atoms with Crippen molar-refractivity contribution >= 4 is 12.0 Å². The Balaban J connectivity index is 1.76. The van der Waals surface area contributed by atoms with Gasteiger partial charge in [0.05, 0.1) is 12.6 Å². The number of likely N-dealkylation sites (tertiary alicyclic amines) is 1. The van der Waals surface area contributed by atoms with E-state index in [1.54, 1.807) is 26.0 Å². The summed E-state index contributed by atoms with van der Waals surface area (Å²) in [7, 11) is 0. The van der Waals surface area contributed by atoms with Crippen LogP contribution in [0.2, 0.25) is 0 Å². The number of carbonyl (C=O) groups is 2. The highest BCUT2D eigenvalue weighted by atomic mass is 16.5. The first-order chi connectivity index (χ1) is 12.8. The molecule has 1 fully saturated rings. The molecular formula is C20H30N2O5. The van der Waals surface area contributed by atoms with Gasteiger partial charge < -0.3 is 14.7 Å². The van der Waals surface area contributed by atoms with Crippen LogP contribution in [-0.2, 0) is 0 Å². The van der Waals surface area contributed by atoms with Crippen LogP contribution in [-0.4, -0.2) is 58.0 Å². The Kier molecular flexibility index (Phi) is 7.47. The van der Waals surface area contributed by atoms with Crippen molar-refractivity contribution in [1.82, 2.24) is 9.96 Å². The first-order valence-electron chi connectivity index (χ1n) is 9.53. The number of nitrogens with zero attached hydrogens (tertiary/aromatic N) is 2. The maximum atomic E-state index is 12.2. The second-order valence-corrected chi connectivity index (χ2v) is 7.42. The summed E-state index contributed by atoms with van der Waals surface area (Å²) in [5, 5.41) is 19.5. The van der Waals surface area contributed by atoms with Crippen molar-refractivity contribution in [2.75, 3.05) is 19.7 Å². The number of carboxylic acid groups (broad SMARTS) is 1. The van der Waals surface area contributed by atoms with Gasteiger partial charge in [0.1, 0.15) is 5.75 Å². The molecule has 150 valence electrons. The first kappa shape index (κ1) is 21.0. The zero-order valence-corrected chi connectivity index (χ0v) is 16.4. The third-order valence-corrected chi connectivity index (χ3v) is 5.04. The third-order valence-electron chi connectivity index (χ3n) is 5.04. The monoisotopic (exact) mass is 378 g/mol. The molecule has 2 rings (SSSR count). The van der Waals surface area contributed by atoms with E-state index in [1.807, 2.05) is 13.0 Å². The highest BCUT2D eigenvalue weighted by molar-refractivity contribution is 5.95. The number of carbonyl (C=O) groups excluding carboxylic acids is 1. The molecule has 2 amide bonds. The largest absolute Gasteiger partial charge is 0.494 e. The molecule has 1 aromatic rings. The molecule has 0 aliphatic carbocycles. The Morgan fingerprint density at radius 1 is 1.30 bits per heavy atom. The van der Waals surface area contributed by atoms with E-state index in [4.69, 9.17) is 9.84 Å². The fraction of sp³-hybridized carbons (Fsp3) is 0.600. The molecule has 0 atom stereocenters. The summed E-state index contributed by atoms with van der Waals surface area (Å²) in [5.41, 5.74) is 1.22. The van der Waals surface area contributed by atoms with E-state index >= 15 is 0 Å². The molecular weight excluding hydrogens is 348 g/mol. The SMILES string of the molecule is Cc1cc(OCCCC2CCN(C(=O)O)CC2)ccc1C(=O)N(O)C(C)C. The smallest absolute Gasteiger partial charge is 0.407 e. The number of hydrogen-bond acceptors (Lipinski definition) is 4. The number of hydroxylamine groups is 2. The van der Waals surface area contributed by atoms with Crippen LogP contribution in [0.1, 0.15) is 55.5 Å². The summed E-state index contributed by atoms with van der Waals surface area (Å²) in [6, 6.07) is 4.96. The summed E-state index contributed by atoms with van der Waals surface area (Å²) in [5.74, 6) is 0.845. The van der Waals surface area contributed by atoms with Crippen LogP contribution in [0.25, 0.3) is 0 Å². The average Bonchev–Trinajstić information content (AvgIpc) is 2.64. The quantitative estimate of drug-likeness (QED) is 0.428. The van der Waals surface area contributed by atoms with Crippen LogP contribution in [0, 0.1) is 12.8 Å². The number of benzene rings is 1. The van der Waals surface area contributed by atoms with Gasteiger partial charge in [0, 0.05) is 18.7 Å². The predicted octanol–water partition coefficient (Wildman–Crippen LogP) is 3.78. The number of aryl methyl sites for hydroxylation is 1. The Hall–Kier alpha value is -2.28. The number of amides is 2. The van der Waals surface area contributed by atoms with Crippen molar-refractivity contribution in [3.63, 3.8) is 0 Å². The summed E-state index contributed by atoms with van der Waals surface area (Å²) in [6.07, 6.45) is 2.93. The Morgan fingerprint density at radius 3 is 2.52 bits per heavy atom. The molecule has 0 spiro atoms. The number of piperidine rings is 1. The summed E-state index contributed by atoms with van der Waals surface area (Å²) < 4.78 is 5.79. The van der Waals surface area contributed by atoms with E-state index in [1.165, 1.54) is 4.90 Å². The second-order valence-electron chi connectivity index (χ2n) is 7.42. The van der Waals surface area contributed by atoms with E-state index in [9.17, 15) is 14.8 Å². The van der Waals surface area contributed by atoms with Gasteiger partial charge in [-0.2, -0.15) is 0 Å². The highest BCUT2D eigenvalue weighted by Crippen LogP contribution is 2.23. The average molecular weight is 378 g/mol. The summed E-state index contributed by atoms with van der Waals surface area (Å²) in [6.45, 7) is 7.14. The van der Waals surface area contributed by atoms with Crippen molar-refractivity contribution in [3.05, 3.63) is 29.3 Å². The van der Waals surface area contributed by atoms with Gasteiger partial charge in [-0.1, -0.05) is 0 Å². The van der Waals surface area contributed by atoms with Crippen LogP contribution in [0.3, 0.4) is 0 Å². The normalized spacial score (nSPS) is 15.1. The van der Waals surface area contributed by atoms with Crippen molar-refractivity contribution in [2.45, 2.75) is 52.5 Å². The lowest BCUT2D eigenvalue weighted by molar-refractivity contribution is -0.0794. The van der Waals surface area contributed by atoms with Crippen LogP contribution in [0.5, 0.6) is 5.75 Å². The van der Waals surface area contributed by atoms with Gasteiger partial charge >= 0.3 is 6.09 Å². The molecule has 7 nitrogen and oxygen atoms in total. The van der Waals surface area contributed by atoms with Gasteiger partial charge in [0.25, 0.3) is 5.91 Å². The highest BCUT2D eigenvalue weighted by Gasteiger charge is 2.22. The lowest BCUT2D eigenvalue weighted by atomic mass is 9.92. The topological polar surface area (TPSA) is 90.3 Å². The molecule has 0 aromatic heterocycles. The van der Waals surface area contributed by atoms with E-state index in [0.717, 1.165) is 36.3 Å². The van der Waals surface area contributed by atoms with Crippen LogP contribution in [0.4, 0.5) is 4.79 Å². The zero-order valence-electron chi connectivity index (χ0n) is 16.4. The van der Waals surface area contributed by atoms with Crippen molar-refractivity contribution in [2.24, 2.45) is 5.92 Å². The van der Waals surface area contributed by atoms with E-state index in [2.05, 4.69) is 0 Å². The van der Waals surface area contributed by atoms with Gasteiger partial charge in [-0.25, -0.2) is 9.86 Å². The first-order valence-corrected chi connectivity index (χ1v) is 9.53. The molecule has 0 bridgehead atoms. The van der Waals surface area contributed by atoms with Gasteiger partial charge in [-0.15, -0.1) is 0 Å². The van der Waals surface area contributed by atoms with Gasteiger partial charge in [-0.05, 0) is 76.1 Å². The minimum Gasteiger partial charge on any atom is -0.494 e. The van der Waals surface area contributed by atoms with Crippen molar-refractivity contribution in [3.8, 4) is 5.75 Å². The molecule has 0 unspecified atom stereocenters. The molecule has 1 aromatic carbocycles. The summed E-state index contributed by atoms with van der Waals surface area (Å²) in [4.78, 5) is 24.6. The minimum atomic E-state index is -0.827. The minimum absolute atomic E-state index is 0.282. The zero-order chi connectivity index (χ0) is 20.0. The molecule has 0 radical (unpaired) electrons. The number of hydrogen-bond donors (Lipinski definition) is 2. The molecule has 27 heavy (non-hydrogen) atoms. The Bertz CT molecular complexity index is 654. The molecule has 2 N–H and O–H groups in total. The van der Waals surface area contributed by atoms with Crippen LogP contribution in [0.15, 0.2) is 18.2 Å². The Morgan fingerprint density at radius 2 is 1.96 bits per heavy atom. The molecule has 1 saturated heterocycles. The van der Waals surface area contributed by atoms with E-state index in [-0.39, 0.29) is 6.04 Å². The van der Waals surface area contributed by atoms with Gasteiger partial charge in [-0.3, -0.25) is 10.0 Å². The van der Waals surface area contributed by atoms with E-state index in [0.29, 0.717) is 36.9 Å². The third kappa shape index (κ3) is 5.85.